The normalized spacial score (nSPS) is 12.7. The lowest BCUT2D eigenvalue weighted by Gasteiger charge is -2.22. The van der Waals surface area contributed by atoms with Crippen LogP contribution in [0.1, 0.15) is 438 Å². The van der Waals surface area contributed by atoms with E-state index < -0.39 is 12.1 Å². The molecule has 0 bridgehead atoms. The van der Waals surface area contributed by atoms with Crippen molar-refractivity contribution in [3.8, 4) is 0 Å². The maximum absolute atomic E-state index is 12.5. The maximum Gasteiger partial charge on any atom is 0.305 e. The molecule has 0 aliphatic carbocycles. The van der Waals surface area contributed by atoms with Crippen LogP contribution in [-0.2, 0) is 14.3 Å². The van der Waals surface area contributed by atoms with E-state index in [1.165, 1.54) is 353 Å². The lowest BCUT2D eigenvalue weighted by molar-refractivity contribution is -0.143. The molecule has 0 heterocycles. The Bertz CT molecular complexity index is 1390. The van der Waals surface area contributed by atoms with Crippen LogP contribution in [0, 0.1) is 0 Å². The summed E-state index contributed by atoms with van der Waals surface area (Å²) in [6.07, 6.45) is 98.1. The van der Waals surface area contributed by atoms with E-state index in [1.54, 1.807) is 0 Å². The predicted molar refractivity (Wildman–Crippen MR) is 379 cm³/mol. The third-order valence-corrected chi connectivity index (χ3v) is 18.4. The van der Waals surface area contributed by atoms with Gasteiger partial charge < -0.3 is 20.3 Å². The van der Waals surface area contributed by atoms with E-state index in [4.69, 9.17) is 4.74 Å². The number of rotatable bonds is 74. The second kappa shape index (κ2) is 75.5. The lowest BCUT2D eigenvalue weighted by atomic mass is 10.0. The van der Waals surface area contributed by atoms with Gasteiger partial charge >= 0.3 is 5.97 Å². The number of aliphatic hydroxyl groups excluding tert-OH is 2. The number of allylic oxidation sites excluding steroid dienone is 6. The molecule has 0 aromatic carbocycles. The maximum atomic E-state index is 12.5. The number of hydrogen-bond acceptors (Lipinski definition) is 5. The highest BCUT2D eigenvalue weighted by atomic mass is 16.5. The fourth-order valence-corrected chi connectivity index (χ4v) is 12.4. The average molecular weight is 1210 g/mol. The monoisotopic (exact) mass is 1210 g/mol. The Morgan fingerprint density at radius 3 is 0.919 bits per heavy atom. The first-order valence-electron chi connectivity index (χ1n) is 39.2. The van der Waals surface area contributed by atoms with Crippen LogP contribution in [0.5, 0.6) is 0 Å². The quantitative estimate of drug-likeness (QED) is 0.0320. The van der Waals surface area contributed by atoms with E-state index in [0.717, 1.165) is 51.4 Å². The molecule has 0 aromatic heterocycles. The number of esters is 1. The van der Waals surface area contributed by atoms with Crippen molar-refractivity contribution >= 4 is 11.9 Å². The number of carbonyl (C=O) groups is 2. The van der Waals surface area contributed by atoms with Gasteiger partial charge in [0.05, 0.1) is 25.4 Å². The molecule has 0 aliphatic heterocycles. The van der Waals surface area contributed by atoms with Crippen LogP contribution in [-0.4, -0.2) is 47.4 Å². The third kappa shape index (κ3) is 71.2. The fourth-order valence-electron chi connectivity index (χ4n) is 12.4. The molecule has 0 fully saturated rings. The molecule has 6 nitrogen and oxygen atoms in total. The van der Waals surface area contributed by atoms with Gasteiger partial charge in [0.2, 0.25) is 5.91 Å². The van der Waals surface area contributed by atoms with Crippen molar-refractivity contribution in [3.63, 3.8) is 0 Å². The molecular weight excluding hydrogens is 1050 g/mol. The van der Waals surface area contributed by atoms with E-state index in [-0.39, 0.29) is 18.5 Å². The molecule has 0 aliphatic rings. The minimum Gasteiger partial charge on any atom is -0.466 e. The van der Waals surface area contributed by atoms with Gasteiger partial charge in [-0.1, -0.05) is 378 Å². The molecule has 2 atom stereocenters. The topological polar surface area (TPSA) is 95.9 Å². The minimum atomic E-state index is -0.663. The zero-order valence-electron chi connectivity index (χ0n) is 58.3. The van der Waals surface area contributed by atoms with Crippen LogP contribution in [0.4, 0.5) is 0 Å². The first kappa shape index (κ1) is 84.1. The number of unbranched alkanes of at least 4 members (excludes halogenated alkanes) is 57. The summed E-state index contributed by atoms with van der Waals surface area (Å²) in [4.78, 5) is 24.6. The van der Waals surface area contributed by atoms with Crippen LogP contribution in [0.15, 0.2) is 36.5 Å². The Kier molecular flexibility index (Phi) is 73.9. The molecule has 2 unspecified atom stereocenters. The van der Waals surface area contributed by atoms with Gasteiger partial charge in [0.1, 0.15) is 0 Å². The van der Waals surface area contributed by atoms with E-state index >= 15 is 0 Å². The van der Waals surface area contributed by atoms with E-state index in [9.17, 15) is 19.8 Å². The average Bonchev–Trinajstić information content (AvgIpc) is 3.53. The van der Waals surface area contributed by atoms with Gasteiger partial charge in [0, 0.05) is 12.8 Å². The van der Waals surface area contributed by atoms with Crippen molar-refractivity contribution in [1.29, 1.82) is 0 Å². The molecule has 6 heteroatoms. The Hall–Kier alpha value is -1.92. The number of carbonyl (C=O) groups excluding carboxylic acids is 2. The summed E-state index contributed by atoms with van der Waals surface area (Å²) in [7, 11) is 0. The van der Waals surface area contributed by atoms with Crippen molar-refractivity contribution in [2.75, 3.05) is 13.2 Å². The summed E-state index contributed by atoms with van der Waals surface area (Å²) in [5, 5.41) is 23.4. The van der Waals surface area contributed by atoms with Crippen LogP contribution in [0.3, 0.4) is 0 Å². The summed E-state index contributed by atoms with van der Waals surface area (Å²) < 4.78 is 5.48. The van der Waals surface area contributed by atoms with Crippen LogP contribution in [0.25, 0.3) is 0 Å². The Labute approximate surface area is 538 Å². The van der Waals surface area contributed by atoms with Crippen LogP contribution < -0.4 is 5.32 Å². The molecule has 0 spiro atoms. The summed E-state index contributed by atoms with van der Waals surface area (Å²) in [6.45, 7) is 4.97. The molecular formula is C80H153NO5. The van der Waals surface area contributed by atoms with Gasteiger partial charge in [-0.05, 0) is 83.5 Å². The number of hydrogen-bond donors (Lipinski definition) is 3. The molecule has 0 rings (SSSR count). The van der Waals surface area contributed by atoms with E-state index in [1.807, 2.05) is 0 Å². The molecule has 0 saturated carbocycles. The highest BCUT2D eigenvalue weighted by molar-refractivity contribution is 5.76. The first-order valence-corrected chi connectivity index (χ1v) is 39.2. The molecule has 508 valence electrons. The summed E-state index contributed by atoms with van der Waals surface area (Å²) >= 11 is 0. The minimum absolute atomic E-state index is 0.0106. The summed E-state index contributed by atoms with van der Waals surface area (Å²) in [5.74, 6) is -0.0170. The van der Waals surface area contributed by atoms with E-state index in [0.29, 0.717) is 25.9 Å². The number of nitrogens with one attached hydrogen (secondary N) is 1. The van der Waals surface area contributed by atoms with Crippen LogP contribution >= 0.6 is 0 Å². The zero-order chi connectivity index (χ0) is 62.0. The standard InChI is InChI=1S/C80H153NO5/c1-3-5-7-9-11-13-15-17-18-19-43-46-49-52-56-60-64-68-72-78(83)77(76-82)81-79(84)73-69-65-61-57-53-50-47-44-41-39-37-35-33-31-29-27-25-23-21-20-22-24-26-28-30-32-34-36-38-40-42-45-48-51-55-59-63-67-71-75-86-80(85)74-70-66-62-58-54-16-14-12-10-8-6-4-2/h12,14,20-21,24,26,77-78,82-83H,3-11,13,15-19,22-23,25,27-76H2,1-2H3,(H,81,84)/b14-12-,21-20-,26-24-. The van der Waals surface area contributed by atoms with Crippen molar-refractivity contribution < 1.29 is 24.5 Å². The highest BCUT2D eigenvalue weighted by Crippen LogP contribution is 2.20. The van der Waals surface area contributed by atoms with Gasteiger partial charge in [0.25, 0.3) is 0 Å². The Morgan fingerprint density at radius 1 is 0.326 bits per heavy atom. The summed E-state index contributed by atoms with van der Waals surface area (Å²) in [5.41, 5.74) is 0. The SMILES string of the molecule is CCCCC/C=C\CCCCCCCC(=O)OCCCCCCCCCCCCCCCCC/C=C\C/C=C\CCCCCCCCCCCCCCCCCCCC(=O)NC(CO)C(O)CCCCCCCCCCCCCCCCCCCC. The molecule has 3 N–H and O–H groups in total. The van der Waals surface area contributed by atoms with Gasteiger partial charge in [-0.25, -0.2) is 0 Å². The van der Waals surface area contributed by atoms with Crippen molar-refractivity contribution in [2.24, 2.45) is 0 Å². The predicted octanol–water partition coefficient (Wildman–Crippen LogP) is 25.8. The number of ether oxygens (including phenoxy) is 1. The highest BCUT2D eigenvalue weighted by Gasteiger charge is 2.20. The van der Waals surface area contributed by atoms with Gasteiger partial charge in [0.15, 0.2) is 0 Å². The Morgan fingerprint density at radius 2 is 0.581 bits per heavy atom. The van der Waals surface area contributed by atoms with Crippen molar-refractivity contribution in [1.82, 2.24) is 5.32 Å². The number of amides is 1. The second-order valence-corrected chi connectivity index (χ2v) is 27.0. The van der Waals surface area contributed by atoms with Crippen LogP contribution in [0.2, 0.25) is 0 Å². The second-order valence-electron chi connectivity index (χ2n) is 27.0. The van der Waals surface area contributed by atoms with Gasteiger partial charge in [-0.15, -0.1) is 0 Å². The first-order chi connectivity index (χ1) is 42.5. The van der Waals surface area contributed by atoms with Crippen molar-refractivity contribution in [3.05, 3.63) is 36.5 Å². The molecule has 0 aromatic rings. The molecule has 86 heavy (non-hydrogen) atoms. The third-order valence-electron chi connectivity index (χ3n) is 18.4. The molecule has 0 saturated heterocycles. The Balaban J connectivity index is 3.35. The lowest BCUT2D eigenvalue weighted by Crippen LogP contribution is -2.45. The largest absolute Gasteiger partial charge is 0.466 e. The number of aliphatic hydroxyl groups is 2. The zero-order valence-corrected chi connectivity index (χ0v) is 58.3. The summed E-state index contributed by atoms with van der Waals surface area (Å²) in [6, 6.07) is -0.540. The van der Waals surface area contributed by atoms with Gasteiger partial charge in [-0.3, -0.25) is 9.59 Å². The van der Waals surface area contributed by atoms with Crippen molar-refractivity contribution in [2.45, 2.75) is 450 Å². The molecule has 1 amide bonds. The van der Waals surface area contributed by atoms with E-state index in [2.05, 4.69) is 55.6 Å². The van der Waals surface area contributed by atoms with Gasteiger partial charge in [-0.2, -0.15) is 0 Å². The smallest absolute Gasteiger partial charge is 0.305 e. The fraction of sp³-hybridized carbons (Fsp3) is 0.900. The molecule has 0 radical (unpaired) electrons.